The number of hydrogen-bond donors (Lipinski definition) is 2. The van der Waals surface area contributed by atoms with Gasteiger partial charge in [-0.05, 0) is 40.0 Å². The van der Waals surface area contributed by atoms with Crippen LogP contribution in [0.15, 0.2) is 0 Å². The van der Waals surface area contributed by atoms with E-state index in [2.05, 4.69) is 10.3 Å². The first-order chi connectivity index (χ1) is 9.90. The fourth-order valence-electron chi connectivity index (χ4n) is 2.71. The molecular formula is C14H21N3O3S. The van der Waals surface area contributed by atoms with Crippen molar-refractivity contribution in [3.05, 3.63) is 15.6 Å². The molecule has 1 aliphatic heterocycles. The zero-order valence-electron chi connectivity index (χ0n) is 12.5. The smallest absolute Gasteiger partial charge is 0.326 e. The molecule has 1 aliphatic rings. The molecule has 1 aromatic rings. The Labute approximate surface area is 128 Å². The average molecular weight is 311 g/mol. The Morgan fingerprint density at radius 2 is 2.14 bits per heavy atom. The molecule has 0 spiro atoms. The molecule has 2 heterocycles. The Kier molecular flexibility index (Phi) is 4.82. The lowest BCUT2D eigenvalue weighted by molar-refractivity contribution is -0.143. The maximum absolute atomic E-state index is 12.4. The number of carbonyl (C=O) groups is 2. The summed E-state index contributed by atoms with van der Waals surface area (Å²) in [6, 6.07) is -1.18. The average Bonchev–Trinajstić information content (AvgIpc) is 2.77. The van der Waals surface area contributed by atoms with Gasteiger partial charge in [0.05, 0.1) is 16.7 Å². The summed E-state index contributed by atoms with van der Waals surface area (Å²) in [5, 5.41) is 13.1. The molecule has 0 saturated carbocycles. The van der Waals surface area contributed by atoms with Crippen LogP contribution in [0, 0.1) is 13.8 Å². The number of likely N-dealkylation sites (tertiary alicyclic amines) is 1. The van der Waals surface area contributed by atoms with Crippen molar-refractivity contribution in [2.24, 2.45) is 0 Å². The molecule has 7 heteroatoms. The summed E-state index contributed by atoms with van der Waals surface area (Å²) < 4.78 is 0. The van der Waals surface area contributed by atoms with Crippen molar-refractivity contribution >= 4 is 23.3 Å². The molecule has 0 bridgehead atoms. The minimum atomic E-state index is -0.928. The van der Waals surface area contributed by atoms with Gasteiger partial charge in [0.2, 0.25) is 0 Å². The summed E-state index contributed by atoms with van der Waals surface area (Å²) in [6.07, 6.45) is 2.23. The van der Waals surface area contributed by atoms with Crippen molar-refractivity contribution in [3.63, 3.8) is 0 Å². The SMILES string of the molecule is Cc1nc(C)c(C(C)NC(=O)N2CCCCC2C(=O)O)s1. The quantitative estimate of drug-likeness (QED) is 0.898. The van der Waals surface area contributed by atoms with Gasteiger partial charge in [0, 0.05) is 11.4 Å². The van der Waals surface area contributed by atoms with Crippen molar-refractivity contribution in [1.82, 2.24) is 15.2 Å². The lowest BCUT2D eigenvalue weighted by atomic mass is 10.0. The van der Waals surface area contributed by atoms with Gasteiger partial charge >= 0.3 is 12.0 Å². The molecule has 2 rings (SSSR count). The predicted octanol–water partition coefficient (Wildman–Crippen LogP) is 2.47. The molecular weight excluding hydrogens is 290 g/mol. The van der Waals surface area contributed by atoms with Crippen LogP contribution in [0.4, 0.5) is 4.79 Å². The first kappa shape index (κ1) is 15.8. The van der Waals surface area contributed by atoms with Crippen LogP contribution < -0.4 is 5.32 Å². The second-order valence-electron chi connectivity index (χ2n) is 5.40. The highest BCUT2D eigenvalue weighted by molar-refractivity contribution is 7.11. The summed E-state index contributed by atoms with van der Waals surface area (Å²) in [6.45, 7) is 6.25. The van der Waals surface area contributed by atoms with E-state index in [9.17, 15) is 14.7 Å². The normalized spacial score (nSPS) is 20.1. The molecule has 2 amide bonds. The number of aliphatic carboxylic acids is 1. The van der Waals surface area contributed by atoms with E-state index in [1.165, 1.54) is 4.90 Å². The third-order valence-corrected chi connectivity index (χ3v) is 4.98. The molecule has 0 aliphatic carbocycles. The summed E-state index contributed by atoms with van der Waals surface area (Å²) in [5.41, 5.74) is 0.915. The zero-order valence-corrected chi connectivity index (χ0v) is 13.4. The maximum atomic E-state index is 12.4. The second-order valence-corrected chi connectivity index (χ2v) is 6.63. The van der Waals surface area contributed by atoms with Crippen LogP contribution in [0.3, 0.4) is 0 Å². The molecule has 1 aromatic heterocycles. The second kappa shape index (κ2) is 6.43. The fraction of sp³-hybridized carbons (Fsp3) is 0.643. The number of carboxylic acid groups (broad SMARTS) is 1. The molecule has 2 unspecified atom stereocenters. The van der Waals surface area contributed by atoms with E-state index >= 15 is 0 Å². The molecule has 1 fully saturated rings. The van der Waals surface area contributed by atoms with Gasteiger partial charge in [-0.25, -0.2) is 14.6 Å². The number of aromatic nitrogens is 1. The lowest BCUT2D eigenvalue weighted by Crippen LogP contribution is -2.52. The summed E-state index contributed by atoms with van der Waals surface area (Å²) in [7, 11) is 0. The summed E-state index contributed by atoms with van der Waals surface area (Å²) in [4.78, 5) is 30.4. The van der Waals surface area contributed by atoms with Crippen LogP contribution in [0.1, 0.15) is 47.8 Å². The molecule has 1 saturated heterocycles. The van der Waals surface area contributed by atoms with E-state index in [-0.39, 0.29) is 12.1 Å². The number of amides is 2. The molecule has 0 radical (unpaired) electrons. The fourth-order valence-corrected chi connectivity index (χ4v) is 3.64. The number of carbonyl (C=O) groups excluding carboxylic acids is 1. The van der Waals surface area contributed by atoms with E-state index in [1.54, 1.807) is 11.3 Å². The van der Waals surface area contributed by atoms with Crippen molar-refractivity contribution in [3.8, 4) is 0 Å². The largest absolute Gasteiger partial charge is 0.480 e. The van der Waals surface area contributed by atoms with Crippen molar-refractivity contribution < 1.29 is 14.7 Å². The third-order valence-electron chi connectivity index (χ3n) is 3.72. The third kappa shape index (κ3) is 3.53. The maximum Gasteiger partial charge on any atom is 0.326 e. The van der Waals surface area contributed by atoms with E-state index in [0.29, 0.717) is 13.0 Å². The van der Waals surface area contributed by atoms with Gasteiger partial charge in [-0.3, -0.25) is 0 Å². The van der Waals surface area contributed by atoms with Gasteiger partial charge in [0.25, 0.3) is 0 Å². The molecule has 116 valence electrons. The van der Waals surface area contributed by atoms with Crippen LogP contribution in [0.5, 0.6) is 0 Å². The molecule has 2 N–H and O–H groups in total. The number of urea groups is 1. The van der Waals surface area contributed by atoms with Crippen LogP contribution in [0.25, 0.3) is 0 Å². The van der Waals surface area contributed by atoms with Gasteiger partial charge < -0.3 is 15.3 Å². The number of nitrogens with zero attached hydrogens (tertiary/aromatic N) is 2. The lowest BCUT2D eigenvalue weighted by Gasteiger charge is -2.33. The van der Waals surface area contributed by atoms with E-state index in [1.807, 2.05) is 20.8 Å². The molecule has 6 nitrogen and oxygen atoms in total. The predicted molar refractivity (Wildman–Crippen MR) is 80.5 cm³/mol. The summed E-state index contributed by atoms with van der Waals surface area (Å²) in [5.74, 6) is -0.928. The highest BCUT2D eigenvalue weighted by Gasteiger charge is 2.32. The summed E-state index contributed by atoms with van der Waals surface area (Å²) >= 11 is 1.56. The number of nitrogens with one attached hydrogen (secondary N) is 1. The Morgan fingerprint density at radius 3 is 2.71 bits per heavy atom. The standard InChI is InChI=1S/C14H21N3O3S/c1-8-12(21-10(3)15-8)9(2)16-14(20)17-7-5-4-6-11(17)13(18)19/h9,11H,4-7H2,1-3H3,(H,16,20)(H,18,19). The number of carboxylic acids is 1. The monoisotopic (exact) mass is 311 g/mol. The van der Waals surface area contributed by atoms with E-state index in [4.69, 9.17) is 0 Å². The number of piperidine rings is 1. The Balaban J connectivity index is 2.06. The van der Waals surface area contributed by atoms with Crippen molar-refractivity contribution in [2.45, 2.75) is 52.1 Å². The number of aryl methyl sites for hydroxylation is 2. The highest BCUT2D eigenvalue weighted by atomic mass is 32.1. The van der Waals surface area contributed by atoms with E-state index in [0.717, 1.165) is 28.4 Å². The first-order valence-corrected chi connectivity index (χ1v) is 7.95. The van der Waals surface area contributed by atoms with Gasteiger partial charge in [-0.2, -0.15) is 0 Å². The minimum Gasteiger partial charge on any atom is -0.480 e. The molecule has 2 atom stereocenters. The van der Waals surface area contributed by atoms with E-state index < -0.39 is 12.0 Å². The van der Waals surface area contributed by atoms with Crippen LogP contribution in [0.2, 0.25) is 0 Å². The van der Waals surface area contributed by atoms with Crippen LogP contribution in [-0.4, -0.2) is 39.6 Å². The Hall–Kier alpha value is -1.63. The van der Waals surface area contributed by atoms with Crippen LogP contribution in [-0.2, 0) is 4.79 Å². The zero-order chi connectivity index (χ0) is 15.6. The highest BCUT2D eigenvalue weighted by Crippen LogP contribution is 2.25. The Morgan fingerprint density at radius 1 is 1.43 bits per heavy atom. The topological polar surface area (TPSA) is 82.5 Å². The Bertz CT molecular complexity index is 544. The first-order valence-electron chi connectivity index (χ1n) is 7.14. The van der Waals surface area contributed by atoms with Crippen molar-refractivity contribution in [1.29, 1.82) is 0 Å². The molecule has 21 heavy (non-hydrogen) atoms. The number of thiazole rings is 1. The van der Waals surface area contributed by atoms with Gasteiger partial charge in [-0.15, -0.1) is 11.3 Å². The van der Waals surface area contributed by atoms with Crippen LogP contribution >= 0.6 is 11.3 Å². The number of hydrogen-bond acceptors (Lipinski definition) is 4. The van der Waals surface area contributed by atoms with Gasteiger partial charge in [-0.1, -0.05) is 0 Å². The van der Waals surface area contributed by atoms with Gasteiger partial charge in [0.15, 0.2) is 0 Å². The number of rotatable bonds is 3. The van der Waals surface area contributed by atoms with Crippen molar-refractivity contribution in [2.75, 3.05) is 6.54 Å². The minimum absolute atomic E-state index is 0.167. The molecule has 0 aromatic carbocycles. The van der Waals surface area contributed by atoms with Gasteiger partial charge in [0.1, 0.15) is 6.04 Å².